The molecule has 1 atom stereocenters. The van der Waals surface area contributed by atoms with Gasteiger partial charge in [0.2, 0.25) is 0 Å². The van der Waals surface area contributed by atoms with E-state index >= 15 is 0 Å². The van der Waals surface area contributed by atoms with Crippen LogP contribution in [-0.4, -0.2) is 20.7 Å². The first kappa shape index (κ1) is 17.1. The van der Waals surface area contributed by atoms with Gasteiger partial charge in [0.05, 0.1) is 6.10 Å². The van der Waals surface area contributed by atoms with Crippen molar-refractivity contribution in [3.05, 3.63) is 35.9 Å². The lowest BCUT2D eigenvalue weighted by atomic mass is 10.1. The fourth-order valence-electron chi connectivity index (χ4n) is 1.90. The quantitative estimate of drug-likeness (QED) is 0.542. The second-order valence-electron chi connectivity index (χ2n) is 6.93. The number of benzene rings is 1. The van der Waals surface area contributed by atoms with Crippen molar-refractivity contribution in [1.82, 2.24) is 0 Å². The summed E-state index contributed by atoms with van der Waals surface area (Å²) in [5.74, 6) is 0. The number of aldehydes is 1. The van der Waals surface area contributed by atoms with Gasteiger partial charge in [-0.05, 0) is 36.5 Å². The molecule has 0 aliphatic heterocycles. The molecule has 0 heterocycles. The third kappa shape index (κ3) is 5.21. The van der Waals surface area contributed by atoms with Gasteiger partial charge in [-0.3, -0.25) is 0 Å². The Balaban J connectivity index is 2.63. The lowest BCUT2D eigenvalue weighted by molar-refractivity contribution is -0.109. The predicted octanol–water partition coefficient (Wildman–Crippen LogP) is 4.60. The molecule has 20 heavy (non-hydrogen) atoms. The van der Waals surface area contributed by atoms with E-state index in [1.807, 2.05) is 6.07 Å². The van der Waals surface area contributed by atoms with E-state index in [1.54, 1.807) is 0 Å². The molecule has 0 spiro atoms. The zero-order valence-electron chi connectivity index (χ0n) is 13.5. The number of carbonyl (C=O) groups is 1. The number of hydrogen-bond acceptors (Lipinski definition) is 2. The van der Waals surface area contributed by atoms with Crippen LogP contribution >= 0.6 is 0 Å². The first-order chi connectivity index (χ1) is 9.26. The minimum absolute atomic E-state index is 0.0496. The summed E-state index contributed by atoms with van der Waals surface area (Å²) < 4.78 is 6.37. The third-order valence-electron chi connectivity index (χ3n) is 4.22. The lowest BCUT2D eigenvalue weighted by Crippen LogP contribution is -2.44. The van der Waals surface area contributed by atoms with Crippen molar-refractivity contribution in [1.29, 1.82) is 0 Å². The first-order valence-corrected chi connectivity index (χ1v) is 10.3. The molecular weight excluding hydrogens is 264 g/mol. The van der Waals surface area contributed by atoms with Crippen molar-refractivity contribution in [2.75, 3.05) is 0 Å². The molecule has 0 saturated carbocycles. The standard InChI is InChI=1S/C17H28O2Si/c1-17(2,3)20(4,5)19-16(13-14-18)12-11-15-9-7-6-8-10-15/h6-10,14,16H,11-13H2,1-5H3/t16-/m0/s1. The van der Waals surface area contributed by atoms with Gasteiger partial charge in [0, 0.05) is 6.42 Å². The molecule has 0 bridgehead atoms. The van der Waals surface area contributed by atoms with E-state index in [2.05, 4.69) is 58.1 Å². The van der Waals surface area contributed by atoms with Crippen LogP contribution in [0.5, 0.6) is 0 Å². The van der Waals surface area contributed by atoms with Gasteiger partial charge in [-0.25, -0.2) is 0 Å². The van der Waals surface area contributed by atoms with Gasteiger partial charge in [0.15, 0.2) is 8.32 Å². The van der Waals surface area contributed by atoms with Crippen LogP contribution in [0.2, 0.25) is 18.1 Å². The monoisotopic (exact) mass is 292 g/mol. The molecule has 112 valence electrons. The summed E-state index contributed by atoms with van der Waals surface area (Å²) in [6, 6.07) is 10.4. The average molecular weight is 292 g/mol. The number of carbonyl (C=O) groups excluding carboxylic acids is 1. The van der Waals surface area contributed by atoms with Crippen molar-refractivity contribution in [3.8, 4) is 0 Å². The second kappa shape index (κ2) is 7.18. The molecule has 0 fully saturated rings. The van der Waals surface area contributed by atoms with E-state index in [4.69, 9.17) is 4.43 Å². The Morgan fingerprint density at radius 2 is 1.80 bits per heavy atom. The Morgan fingerprint density at radius 1 is 1.20 bits per heavy atom. The van der Waals surface area contributed by atoms with E-state index in [1.165, 1.54) is 5.56 Å². The zero-order chi connectivity index (χ0) is 15.2. The molecule has 0 aliphatic carbocycles. The van der Waals surface area contributed by atoms with Crippen molar-refractivity contribution in [3.63, 3.8) is 0 Å². The van der Waals surface area contributed by atoms with Crippen LogP contribution < -0.4 is 0 Å². The molecule has 0 radical (unpaired) electrons. The molecule has 3 heteroatoms. The van der Waals surface area contributed by atoms with Gasteiger partial charge in [-0.1, -0.05) is 51.1 Å². The topological polar surface area (TPSA) is 26.3 Å². The summed E-state index contributed by atoms with van der Waals surface area (Å²) in [6.45, 7) is 11.2. The third-order valence-corrected chi connectivity index (χ3v) is 8.76. The van der Waals surface area contributed by atoms with E-state index in [0.717, 1.165) is 19.1 Å². The molecule has 1 aromatic rings. The fraction of sp³-hybridized carbons (Fsp3) is 0.588. The SMILES string of the molecule is CC(C)(C)[Si](C)(C)O[C@H](CC=O)CCc1ccccc1. The molecule has 1 rings (SSSR count). The number of hydrogen-bond donors (Lipinski definition) is 0. The van der Waals surface area contributed by atoms with Gasteiger partial charge in [0.25, 0.3) is 0 Å². The Bertz CT molecular complexity index is 407. The number of rotatable bonds is 7. The Hall–Kier alpha value is -0.933. The largest absolute Gasteiger partial charge is 0.413 e. The molecule has 0 unspecified atom stereocenters. The van der Waals surface area contributed by atoms with Crippen LogP contribution in [0.4, 0.5) is 0 Å². The van der Waals surface area contributed by atoms with E-state index in [9.17, 15) is 4.79 Å². The highest BCUT2D eigenvalue weighted by atomic mass is 28.4. The smallest absolute Gasteiger partial charge is 0.192 e. The molecule has 1 aromatic carbocycles. The maximum Gasteiger partial charge on any atom is 0.192 e. The van der Waals surface area contributed by atoms with Gasteiger partial charge in [0.1, 0.15) is 6.29 Å². The van der Waals surface area contributed by atoms with Crippen molar-refractivity contribution < 1.29 is 9.22 Å². The molecule has 0 saturated heterocycles. The van der Waals surface area contributed by atoms with E-state index in [0.29, 0.717) is 6.42 Å². The molecule has 0 aliphatic rings. The van der Waals surface area contributed by atoms with Crippen LogP contribution in [-0.2, 0) is 15.6 Å². The van der Waals surface area contributed by atoms with E-state index in [-0.39, 0.29) is 11.1 Å². The van der Waals surface area contributed by atoms with Gasteiger partial charge in [-0.15, -0.1) is 0 Å². The molecular formula is C17H28O2Si. The molecule has 2 nitrogen and oxygen atoms in total. The maximum atomic E-state index is 10.9. The van der Waals surface area contributed by atoms with Crippen molar-refractivity contribution in [2.24, 2.45) is 0 Å². The van der Waals surface area contributed by atoms with E-state index < -0.39 is 8.32 Å². The maximum absolute atomic E-state index is 10.9. The minimum atomic E-state index is -1.80. The summed E-state index contributed by atoms with van der Waals surface area (Å²) in [5.41, 5.74) is 1.31. The zero-order valence-corrected chi connectivity index (χ0v) is 14.5. The predicted molar refractivity (Wildman–Crippen MR) is 87.5 cm³/mol. The van der Waals surface area contributed by atoms with Gasteiger partial charge < -0.3 is 9.22 Å². The van der Waals surface area contributed by atoms with Gasteiger partial charge in [-0.2, -0.15) is 0 Å². The van der Waals surface area contributed by atoms with Crippen LogP contribution in [0.1, 0.15) is 39.2 Å². The van der Waals surface area contributed by atoms with Crippen LogP contribution in [0, 0.1) is 0 Å². The normalized spacial score (nSPS) is 14.1. The molecule has 0 N–H and O–H groups in total. The summed E-state index contributed by atoms with van der Waals surface area (Å²) in [5, 5.41) is 0.181. The lowest BCUT2D eigenvalue weighted by Gasteiger charge is -2.39. The summed E-state index contributed by atoms with van der Waals surface area (Å²) >= 11 is 0. The van der Waals surface area contributed by atoms with Crippen LogP contribution in [0.3, 0.4) is 0 Å². The highest BCUT2D eigenvalue weighted by Crippen LogP contribution is 2.38. The second-order valence-corrected chi connectivity index (χ2v) is 11.7. The number of aryl methyl sites for hydroxylation is 1. The fourth-order valence-corrected chi connectivity index (χ4v) is 3.30. The Morgan fingerprint density at radius 3 is 2.30 bits per heavy atom. The van der Waals surface area contributed by atoms with Crippen LogP contribution in [0.25, 0.3) is 0 Å². The Kier molecular flexibility index (Phi) is 6.15. The molecule has 0 amide bonds. The Labute approximate surface area is 124 Å². The van der Waals surface area contributed by atoms with Crippen LogP contribution in [0.15, 0.2) is 30.3 Å². The summed E-state index contributed by atoms with van der Waals surface area (Å²) in [4.78, 5) is 10.9. The van der Waals surface area contributed by atoms with Crippen molar-refractivity contribution >= 4 is 14.6 Å². The minimum Gasteiger partial charge on any atom is -0.413 e. The highest BCUT2D eigenvalue weighted by Gasteiger charge is 2.38. The van der Waals surface area contributed by atoms with Gasteiger partial charge >= 0.3 is 0 Å². The average Bonchev–Trinajstić information content (AvgIpc) is 2.36. The summed E-state index contributed by atoms with van der Waals surface area (Å²) in [7, 11) is -1.80. The first-order valence-electron chi connectivity index (χ1n) is 7.41. The molecule has 0 aromatic heterocycles. The highest BCUT2D eigenvalue weighted by molar-refractivity contribution is 6.74. The van der Waals surface area contributed by atoms with Crippen molar-refractivity contribution in [2.45, 2.75) is 64.3 Å². The summed E-state index contributed by atoms with van der Waals surface area (Å²) in [6.07, 6.45) is 3.42.